The van der Waals surface area contributed by atoms with Crippen LogP contribution >= 0.6 is 11.6 Å². The molecule has 2 aromatic carbocycles. The molecule has 0 unspecified atom stereocenters. The molecule has 1 atom stereocenters. The van der Waals surface area contributed by atoms with Gasteiger partial charge in [0.1, 0.15) is 5.82 Å². The van der Waals surface area contributed by atoms with Gasteiger partial charge in [0.25, 0.3) is 0 Å². The molecule has 31 heavy (non-hydrogen) atoms. The highest BCUT2D eigenvalue weighted by molar-refractivity contribution is 7.89. The maximum Gasteiger partial charge on any atom is 0.389 e. The van der Waals surface area contributed by atoms with Gasteiger partial charge in [0.15, 0.2) is 0 Å². The molecule has 6 nitrogen and oxygen atoms in total. The summed E-state index contributed by atoms with van der Waals surface area (Å²) in [5.74, 6) is -3.54. The molecule has 0 fully saturated rings. The standard InChI is InChI=1S/C19H16ClF4N3O3S/c20-13-3-4-17(15(8-13)14(18(26)28)5-6-19(22,23)24)31(29,30)27-10-12-2-1-11(9-25)7-16(12)21/h1-4,7-8,14,27H,5-6,10H2,(H2,26,28)/t14-/m1/s1. The number of halogens is 5. The molecule has 2 rings (SSSR count). The number of alkyl halides is 3. The molecular weight excluding hydrogens is 462 g/mol. The van der Waals surface area contributed by atoms with Crippen molar-refractivity contribution in [1.82, 2.24) is 4.72 Å². The zero-order valence-electron chi connectivity index (χ0n) is 15.7. The molecule has 0 spiro atoms. The first-order valence-electron chi connectivity index (χ1n) is 8.68. The van der Waals surface area contributed by atoms with Crippen LogP contribution in [0.3, 0.4) is 0 Å². The fraction of sp³-hybridized carbons (Fsp3) is 0.263. The second-order valence-corrected chi connectivity index (χ2v) is 8.71. The van der Waals surface area contributed by atoms with Gasteiger partial charge in [0.05, 0.1) is 22.4 Å². The fourth-order valence-corrected chi connectivity index (χ4v) is 4.25. The Morgan fingerprint density at radius 3 is 2.45 bits per heavy atom. The first kappa shape index (κ1) is 24.6. The predicted octanol–water partition coefficient (Wildman–Crippen LogP) is 3.74. The highest BCUT2D eigenvalue weighted by atomic mass is 35.5. The predicted molar refractivity (Wildman–Crippen MR) is 104 cm³/mol. The summed E-state index contributed by atoms with van der Waals surface area (Å²) in [6, 6.07) is 8.44. The van der Waals surface area contributed by atoms with Gasteiger partial charge in [-0.1, -0.05) is 17.7 Å². The third-order valence-corrected chi connectivity index (χ3v) is 6.04. The highest BCUT2D eigenvalue weighted by Crippen LogP contribution is 2.33. The highest BCUT2D eigenvalue weighted by Gasteiger charge is 2.33. The molecule has 3 N–H and O–H groups in total. The summed E-state index contributed by atoms with van der Waals surface area (Å²) in [6.45, 7) is -0.508. The van der Waals surface area contributed by atoms with Crippen molar-refractivity contribution < 1.29 is 30.8 Å². The summed E-state index contributed by atoms with van der Waals surface area (Å²) in [7, 11) is -4.40. The number of carbonyl (C=O) groups is 1. The summed E-state index contributed by atoms with van der Waals surface area (Å²) in [4.78, 5) is 11.3. The summed E-state index contributed by atoms with van der Waals surface area (Å²) >= 11 is 5.86. The van der Waals surface area contributed by atoms with E-state index in [0.717, 1.165) is 18.2 Å². The molecule has 0 heterocycles. The van der Waals surface area contributed by atoms with Crippen molar-refractivity contribution in [2.75, 3.05) is 0 Å². The number of amides is 1. The maximum atomic E-state index is 14.0. The lowest BCUT2D eigenvalue weighted by atomic mass is 9.93. The smallest absolute Gasteiger partial charge is 0.369 e. The van der Waals surface area contributed by atoms with E-state index in [1.54, 1.807) is 6.07 Å². The molecule has 12 heteroatoms. The molecule has 0 saturated carbocycles. The van der Waals surface area contributed by atoms with Gasteiger partial charge >= 0.3 is 6.18 Å². The van der Waals surface area contributed by atoms with E-state index in [9.17, 15) is 30.8 Å². The lowest BCUT2D eigenvalue weighted by Gasteiger charge is -2.19. The minimum Gasteiger partial charge on any atom is -0.369 e. The first-order chi connectivity index (χ1) is 14.3. The van der Waals surface area contributed by atoms with Crippen LogP contribution in [-0.2, 0) is 21.4 Å². The largest absolute Gasteiger partial charge is 0.389 e. The van der Waals surface area contributed by atoms with E-state index in [-0.39, 0.29) is 21.7 Å². The van der Waals surface area contributed by atoms with Gasteiger partial charge in [-0.25, -0.2) is 17.5 Å². The molecule has 0 aliphatic carbocycles. The van der Waals surface area contributed by atoms with E-state index in [2.05, 4.69) is 4.72 Å². The number of nitrogens with zero attached hydrogens (tertiary/aromatic N) is 1. The number of nitrogens with two attached hydrogens (primary N) is 1. The topological polar surface area (TPSA) is 113 Å². The Morgan fingerprint density at radius 2 is 1.90 bits per heavy atom. The van der Waals surface area contributed by atoms with Crippen LogP contribution in [0.25, 0.3) is 0 Å². The molecule has 2 aromatic rings. The quantitative estimate of drug-likeness (QED) is 0.564. The number of nitrogens with one attached hydrogen (secondary N) is 1. The van der Waals surface area contributed by atoms with Crippen molar-refractivity contribution in [3.05, 3.63) is 63.9 Å². The number of benzene rings is 2. The Labute approximate surface area is 180 Å². The van der Waals surface area contributed by atoms with Gasteiger partial charge in [-0.3, -0.25) is 4.79 Å². The van der Waals surface area contributed by atoms with Crippen molar-refractivity contribution in [3.8, 4) is 6.07 Å². The zero-order valence-corrected chi connectivity index (χ0v) is 17.3. The van der Waals surface area contributed by atoms with Crippen molar-refractivity contribution in [2.45, 2.75) is 36.4 Å². The van der Waals surface area contributed by atoms with Crippen molar-refractivity contribution in [1.29, 1.82) is 5.26 Å². The van der Waals surface area contributed by atoms with E-state index < -0.39 is 58.1 Å². The molecule has 0 bridgehead atoms. The summed E-state index contributed by atoms with van der Waals surface area (Å²) in [5.41, 5.74) is 4.91. The van der Waals surface area contributed by atoms with Crippen molar-refractivity contribution >= 4 is 27.5 Å². The van der Waals surface area contributed by atoms with Crippen LogP contribution in [0.5, 0.6) is 0 Å². The van der Waals surface area contributed by atoms with E-state index in [0.29, 0.717) is 0 Å². The second-order valence-electron chi connectivity index (χ2n) is 6.53. The molecule has 0 radical (unpaired) electrons. The molecule has 166 valence electrons. The average Bonchev–Trinajstić information content (AvgIpc) is 2.65. The Hall–Kier alpha value is -2.68. The van der Waals surface area contributed by atoms with Crippen LogP contribution in [0.15, 0.2) is 41.3 Å². The van der Waals surface area contributed by atoms with E-state index in [4.69, 9.17) is 22.6 Å². The lowest BCUT2D eigenvalue weighted by Crippen LogP contribution is -2.28. The number of hydrogen-bond donors (Lipinski definition) is 2. The van der Waals surface area contributed by atoms with E-state index >= 15 is 0 Å². The number of carbonyl (C=O) groups excluding carboxylic acids is 1. The zero-order chi connectivity index (χ0) is 23.4. The molecule has 0 aliphatic rings. The van der Waals surface area contributed by atoms with Crippen LogP contribution in [0.1, 0.15) is 35.4 Å². The number of sulfonamides is 1. The van der Waals surface area contributed by atoms with Crippen molar-refractivity contribution in [3.63, 3.8) is 0 Å². The first-order valence-corrected chi connectivity index (χ1v) is 10.5. The van der Waals surface area contributed by atoms with E-state index in [1.165, 1.54) is 18.2 Å². The van der Waals surface area contributed by atoms with Crippen molar-refractivity contribution in [2.24, 2.45) is 5.73 Å². The van der Waals surface area contributed by atoms with Crippen LogP contribution in [0.4, 0.5) is 17.6 Å². The third-order valence-electron chi connectivity index (χ3n) is 4.33. The minimum atomic E-state index is -4.59. The van der Waals surface area contributed by atoms with Gasteiger partial charge < -0.3 is 5.73 Å². The molecular formula is C19H16ClF4N3O3S. The lowest BCUT2D eigenvalue weighted by molar-refractivity contribution is -0.138. The minimum absolute atomic E-state index is 0.00894. The van der Waals surface area contributed by atoms with Gasteiger partial charge in [-0.15, -0.1) is 0 Å². The van der Waals surface area contributed by atoms with Crippen LogP contribution in [0, 0.1) is 17.1 Å². The normalized spacial score (nSPS) is 12.9. The Morgan fingerprint density at radius 1 is 1.23 bits per heavy atom. The Bertz CT molecular complexity index is 1130. The molecule has 0 aromatic heterocycles. The molecule has 0 saturated heterocycles. The second kappa shape index (κ2) is 9.64. The van der Waals surface area contributed by atoms with Gasteiger partial charge in [-0.05, 0) is 42.3 Å². The monoisotopic (exact) mass is 477 g/mol. The Balaban J connectivity index is 2.38. The molecule has 1 amide bonds. The maximum absolute atomic E-state index is 14.0. The molecule has 0 aliphatic heterocycles. The number of hydrogen-bond acceptors (Lipinski definition) is 4. The SMILES string of the molecule is N#Cc1ccc(CNS(=O)(=O)c2ccc(Cl)cc2[C@@H](CCC(F)(F)F)C(N)=O)c(F)c1. The third kappa shape index (κ3) is 6.65. The van der Waals surface area contributed by atoms with Gasteiger partial charge in [-0.2, -0.15) is 18.4 Å². The van der Waals surface area contributed by atoms with Crippen LogP contribution < -0.4 is 10.5 Å². The average molecular weight is 478 g/mol. The van der Waals surface area contributed by atoms with Gasteiger partial charge in [0.2, 0.25) is 15.9 Å². The number of rotatable bonds is 8. The Kier molecular flexibility index (Phi) is 7.64. The van der Waals surface area contributed by atoms with Crippen LogP contribution in [0.2, 0.25) is 5.02 Å². The summed E-state index contributed by atoms with van der Waals surface area (Å²) in [6.07, 6.45) is -6.72. The van der Waals surface area contributed by atoms with E-state index in [1.807, 2.05) is 0 Å². The summed E-state index contributed by atoms with van der Waals surface area (Å²) < 4.78 is 79.7. The number of primary amides is 1. The van der Waals surface area contributed by atoms with Gasteiger partial charge in [0, 0.05) is 23.6 Å². The summed E-state index contributed by atoms with van der Waals surface area (Å²) in [5, 5.41) is 8.75. The number of nitriles is 1. The fourth-order valence-electron chi connectivity index (χ4n) is 2.81. The van der Waals surface area contributed by atoms with Crippen LogP contribution in [-0.4, -0.2) is 20.5 Å².